The van der Waals surface area contributed by atoms with Gasteiger partial charge in [0, 0.05) is 11.4 Å². The number of thiophene rings is 1. The van der Waals surface area contributed by atoms with Crippen molar-refractivity contribution in [2.45, 2.75) is 13.5 Å². The number of carbonyl (C=O) groups is 1. The second-order valence-corrected chi connectivity index (χ2v) is 6.45. The minimum atomic E-state index is -0.302. The summed E-state index contributed by atoms with van der Waals surface area (Å²) in [5, 5.41) is 0. The monoisotopic (exact) mass is 311 g/mol. The number of benzene rings is 1. The molecule has 0 saturated carbocycles. The van der Waals surface area contributed by atoms with Gasteiger partial charge in [-0.3, -0.25) is 0 Å². The Bertz CT molecular complexity index is 840. The zero-order chi connectivity index (χ0) is 15.7. The number of rotatable bonds is 4. The lowest BCUT2D eigenvalue weighted by Gasteiger charge is -2.09. The first-order valence-electron chi connectivity index (χ1n) is 7.01. The third kappa shape index (κ3) is 2.57. The van der Waals surface area contributed by atoms with Crippen molar-refractivity contribution in [2.24, 2.45) is 0 Å². The van der Waals surface area contributed by atoms with Crippen molar-refractivity contribution in [1.82, 2.24) is 4.57 Å². The van der Waals surface area contributed by atoms with Crippen LogP contribution < -0.4 is 0 Å². The van der Waals surface area contributed by atoms with E-state index in [0.717, 1.165) is 21.3 Å². The molecule has 2 heterocycles. The molecule has 0 saturated heterocycles. The number of ether oxygens (including phenoxy) is 1. The lowest BCUT2D eigenvalue weighted by Crippen LogP contribution is -2.11. The Morgan fingerprint density at radius 3 is 2.68 bits per heavy atom. The molecule has 3 nitrogen and oxygen atoms in total. The van der Waals surface area contributed by atoms with Crippen LogP contribution in [-0.4, -0.2) is 17.6 Å². The Labute approximate surface area is 133 Å². The van der Waals surface area contributed by atoms with Gasteiger partial charge in [-0.15, -0.1) is 11.3 Å². The van der Waals surface area contributed by atoms with Crippen LogP contribution in [0, 0.1) is 6.92 Å². The predicted octanol–water partition coefficient (Wildman–Crippen LogP) is 4.49. The number of hydrogen-bond donors (Lipinski definition) is 0. The van der Waals surface area contributed by atoms with Gasteiger partial charge in [-0.05, 0) is 30.2 Å². The van der Waals surface area contributed by atoms with Gasteiger partial charge in [0.25, 0.3) is 0 Å². The minimum Gasteiger partial charge on any atom is -0.464 e. The van der Waals surface area contributed by atoms with Crippen molar-refractivity contribution in [3.8, 4) is 0 Å². The van der Waals surface area contributed by atoms with Gasteiger partial charge in [-0.25, -0.2) is 4.79 Å². The van der Waals surface area contributed by atoms with Crippen LogP contribution in [0.5, 0.6) is 0 Å². The summed E-state index contributed by atoms with van der Waals surface area (Å²) < 4.78 is 8.05. The number of aryl methyl sites for hydroxylation is 1. The highest BCUT2D eigenvalue weighted by Crippen LogP contribution is 2.29. The fourth-order valence-corrected chi connectivity index (χ4v) is 3.51. The van der Waals surface area contributed by atoms with Gasteiger partial charge >= 0.3 is 5.97 Å². The van der Waals surface area contributed by atoms with Crippen LogP contribution >= 0.6 is 11.3 Å². The summed E-state index contributed by atoms with van der Waals surface area (Å²) in [6, 6.07) is 12.2. The minimum absolute atomic E-state index is 0.302. The third-order valence-corrected chi connectivity index (χ3v) is 4.65. The van der Waals surface area contributed by atoms with Crippen molar-refractivity contribution >= 4 is 33.6 Å². The van der Waals surface area contributed by atoms with Crippen LogP contribution in [0.15, 0.2) is 43.0 Å². The number of aromatic nitrogens is 1. The number of carbonyl (C=O) groups excluding carboxylic acids is 1. The van der Waals surface area contributed by atoms with Crippen LogP contribution in [0.2, 0.25) is 0 Å². The maximum Gasteiger partial charge on any atom is 0.354 e. The van der Waals surface area contributed by atoms with Gasteiger partial charge in [0.05, 0.1) is 17.3 Å². The number of hydrogen-bond acceptors (Lipinski definition) is 3. The molecular weight excluding hydrogens is 294 g/mol. The van der Waals surface area contributed by atoms with Crippen LogP contribution in [-0.2, 0) is 11.3 Å². The molecule has 1 aromatic carbocycles. The maximum atomic E-state index is 12.0. The Hall–Kier alpha value is -2.33. The summed E-state index contributed by atoms with van der Waals surface area (Å²) in [7, 11) is 1.41. The quantitative estimate of drug-likeness (QED) is 0.665. The summed E-state index contributed by atoms with van der Waals surface area (Å²) in [5.74, 6) is -0.302. The Morgan fingerprint density at radius 2 is 2.05 bits per heavy atom. The molecule has 3 rings (SSSR count). The second kappa shape index (κ2) is 5.81. The molecule has 3 aromatic rings. The molecule has 0 aliphatic rings. The molecule has 0 aliphatic heterocycles. The molecule has 0 fully saturated rings. The lowest BCUT2D eigenvalue weighted by molar-refractivity contribution is 0.0589. The van der Waals surface area contributed by atoms with Gasteiger partial charge in [0.15, 0.2) is 0 Å². The molecular formula is C18H17NO2S. The third-order valence-electron chi connectivity index (χ3n) is 3.66. The van der Waals surface area contributed by atoms with Gasteiger partial charge in [0.1, 0.15) is 5.69 Å². The highest BCUT2D eigenvalue weighted by Gasteiger charge is 2.17. The molecule has 112 valence electrons. The summed E-state index contributed by atoms with van der Waals surface area (Å²) in [6.07, 6.45) is 1.82. The van der Waals surface area contributed by atoms with Gasteiger partial charge in [-0.2, -0.15) is 0 Å². The van der Waals surface area contributed by atoms with Crippen LogP contribution in [0.1, 0.15) is 26.5 Å². The molecule has 0 spiro atoms. The highest BCUT2D eigenvalue weighted by molar-refractivity contribution is 7.19. The summed E-state index contributed by atoms with van der Waals surface area (Å²) >= 11 is 1.69. The summed E-state index contributed by atoms with van der Waals surface area (Å²) in [6.45, 7) is 6.48. The molecule has 2 aromatic heterocycles. The Balaban J connectivity index is 2.06. The number of nitrogens with zero attached hydrogens (tertiary/aromatic N) is 1. The van der Waals surface area contributed by atoms with Gasteiger partial charge in [-0.1, -0.05) is 36.9 Å². The molecule has 0 aliphatic carbocycles. The molecule has 0 bridgehead atoms. The lowest BCUT2D eigenvalue weighted by atomic mass is 10.1. The zero-order valence-corrected chi connectivity index (χ0v) is 13.4. The first kappa shape index (κ1) is 14.6. The topological polar surface area (TPSA) is 31.2 Å². The molecule has 4 heteroatoms. The number of esters is 1. The van der Waals surface area contributed by atoms with E-state index in [9.17, 15) is 4.79 Å². The second-order valence-electron chi connectivity index (χ2n) is 5.16. The number of methoxy groups -OCH3 is 1. The fraction of sp³-hybridized carbons (Fsp3) is 0.167. The molecule has 0 amide bonds. The summed E-state index contributed by atoms with van der Waals surface area (Å²) in [4.78, 5) is 13.3. The Kier molecular flexibility index (Phi) is 3.86. The normalized spacial score (nSPS) is 10.8. The smallest absolute Gasteiger partial charge is 0.354 e. The van der Waals surface area contributed by atoms with Crippen molar-refractivity contribution < 1.29 is 9.53 Å². The average Bonchev–Trinajstić information content (AvgIpc) is 3.05. The van der Waals surface area contributed by atoms with E-state index in [1.54, 1.807) is 11.3 Å². The molecule has 0 radical (unpaired) electrons. The predicted molar refractivity (Wildman–Crippen MR) is 91.5 cm³/mol. The van der Waals surface area contributed by atoms with E-state index < -0.39 is 0 Å². The maximum absolute atomic E-state index is 12.0. The standard InChI is InChI=1S/C18H17NO2S/c1-4-13-5-7-14(8-6-13)11-19-15-9-12(2)22-17(15)10-16(19)18(20)21-3/h4-10H,1,11H2,2-3H3. The zero-order valence-electron chi connectivity index (χ0n) is 12.6. The van der Waals surface area contributed by atoms with Crippen LogP contribution in [0.4, 0.5) is 0 Å². The molecule has 0 unspecified atom stereocenters. The Morgan fingerprint density at radius 1 is 1.32 bits per heavy atom. The van der Waals surface area contributed by atoms with E-state index >= 15 is 0 Å². The van der Waals surface area contributed by atoms with Crippen molar-refractivity contribution in [3.05, 3.63) is 64.7 Å². The van der Waals surface area contributed by atoms with Crippen LogP contribution in [0.25, 0.3) is 16.3 Å². The van der Waals surface area contributed by atoms with Crippen molar-refractivity contribution in [3.63, 3.8) is 0 Å². The first-order valence-corrected chi connectivity index (χ1v) is 7.83. The fourth-order valence-electron chi connectivity index (χ4n) is 2.55. The van der Waals surface area contributed by atoms with Crippen LogP contribution in [0.3, 0.4) is 0 Å². The highest BCUT2D eigenvalue weighted by atomic mass is 32.1. The van der Waals surface area contributed by atoms with Crippen molar-refractivity contribution in [1.29, 1.82) is 0 Å². The van der Waals surface area contributed by atoms with E-state index in [-0.39, 0.29) is 5.97 Å². The summed E-state index contributed by atoms with van der Waals surface area (Å²) in [5.41, 5.74) is 3.89. The van der Waals surface area contributed by atoms with E-state index in [1.165, 1.54) is 12.0 Å². The van der Waals surface area contributed by atoms with E-state index in [4.69, 9.17) is 4.74 Å². The average molecular weight is 311 g/mol. The van der Waals surface area contributed by atoms with Gasteiger partial charge in [0.2, 0.25) is 0 Å². The molecule has 0 atom stereocenters. The van der Waals surface area contributed by atoms with E-state index in [0.29, 0.717) is 12.2 Å². The van der Waals surface area contributed by atoms with E-state index in [1.807, 2.05) is 28.8 Å². The van der Waals surface area contributed by atoms with Gasteiger partial charge < -0.3 is 9.30 Å². The SMILES string of the molecule is C=Cc1ccc(Cn2c(C(=O)OC)cc3sc(C)cc32)cc1. The van der Waals surface area contributed by atoms with Crippen molar-refractivity contribution in [2.75, 3.05) is 7.11 Å². The van der Waals surface area contributed by atoms with E-state index in [2.05, 4.69) is 31.7 Å². The molecule has 22 heavy (non-hydrogen) atoms. The first-order chi connectivity index (χ1) is 10.6. The number of fused-ring (bicyclic) bond motifs is 1. The molecule has 0 N–H and O–H groups in total. The largest absolute Gasteiger partial charge is 0.464 e.